The van der Waals surface area contributed by atoms with Crippen molar-refractivity contribution in [1.29, 1.82) is 0 Å². The van der Waals surface area contributed by atoms with Gasteiger partial charge in [-0.3, -0.25) is 10.0 Å². The summed E-state index contributed by atoms with van der Waals surface area (Å²) in [4.78, 5) is 0. The van der Waals surface area contributed by atoms with E-state index in [9.17, 15) is 0 Å². The summed E-state index contributed by atoms with van der Waals surface area (Å²) in [5.74, 6) is 0. The standard InChI is InChI=1S/Al.2ClH.Mn.2H/h;2*1H;;;/q+1;;;+1;;/p-2. The van der Waals surface area contributed by atoms with E-state index in [0.29, 0.717) is 0 Å². The molecular weight excluding hydrogens is 153 g/mol. The molecule has 0 saturated carbocycles. The van der Waals surface area contributed by atoms with Crippen molar-refractivity contribution in [2.75, 3.05) is 0 Å². The van der Waals surface area contributed by atoms with Crippen LogP contribution < -0.4 is 0 Å². The van der Waals surface area contributed by atoms with Crippen LogP contribution in [0.5, 0.6) is 0 Å². The van der Waals surface area contributed by atoms with Gasteiger partial charge in [0.1, 0.15) is 0 Å². The molecule has 4 heteroatoms. The summed E-state index contributed by atoms with van der Waals surface area (Å²) in [5.41, 5.74) is 0. The molecule has 0 radical (unpaired) electrons. The summed E-state index contributed by atoms with van der Waals surface area (Å²) >= 11 is 3.19. The van der Waals surface area contributed by atoms with Gasteiger partial charge in [-0.1, -0.05) is 0 Å². The fraction of sp³-hybridized carbons (Fsp3) is 0. The fourth-order valence-electron chi connectivity index (χ4n) is 0. The van der Waals surface area contributed by atoms with E-state index in [1.54, 1.807) is 0 Å². The zero-order valence-electron chi connectivity index (χ0n) is 2.13. The second-order valence-corrected chi connectivity index (χ2v) is 0. The molecule has 0 atom stereocenters. The van der Waals surface area contributed by atoms with Crippen LogP contribution >= 0.6 is 20.1 Å². The van der Waals surface area contributed by atoms with Crippen molar-refractivity contribution in [2.24, 2.45) is 0 Å². The number of hydrogen-bond donors (Lipinski definition) is 0. The van der Waals surface area contributed by atoms with E-state index >= 15 is 0 Å². The molecule has 0 aromatic heterocycles. The molecule has 0 aliphatic carbocycles. The van der Waals surface area contributed by atoms with Gasteiger partial charge in [-0.15, -0.1) is 0 Å². The Kier molecular flexibility index (Phi) is 52.5. The van der Waals surface area contributed by atoms with Gasteiger partial charge in [-0.25, -0.2) is 0 Å². The molecule has 26 valence electrons. The quantitative estimate of drug-likeness (QED) is 0.445. The Morgan fingerprint density at radius 1 is 1.25 bits per heavy atom. The van der Waals surface area contributed by atoms with E-state index in [4.69, 9.17) is 10.0 Å². The van der Waals surface area contributed by atoms with Gasteiger partial charge < -0.3 is 0 Å². The van der Waals surface area contributed by atoms with Crippen LogP contribution in [-0.4, -0.2) is 15.4 Å². The minimum atomic E-state index is 0.778. The molecule has 0 spiro atoms. The van der Waals surface area contributed by atoms with E-state index in [1.807, 2.05) is 0 Å². The van der Waals surface area contributed by atoms with E-state index in [1.165, 1.54) is 0 Å². The molecule has 0 bridgehead atoms. The third-order valence-corrected chi connectivity index (χ3v) is 0. The van der Waals surface area contributed by atoms with Crippen LogP contribution in [0.2, 0.25) is 0 Å². The molecule has 0 aromatic rings. The van der Waals surface area contributed by atoms with Crippen LogP contribution in [-0.2, 0) is 15.1 Å². The molecule has 0 N–H and O–H groups in total. The molecule has 0 nitrogen and oxygen atoms in total. The third kappa shape index (κ3) is 9.45. The summed E-state index contributed by atoms with van der Waals surface area (Å²) < 4.78 is 0. The molecule has 0 unspecified atom stereocenters. The van der Waals surface area contributed by atoms with Crippen molar-refractivity contribution >= 4 is 35.5 Å². The Balaban J connectivity index is 0. The summed E-state index contributed by atoms with van der Waals surface area (Å²) in [6, 6.07) is 0. The summed E-state index contributed by atoms with van der Waals surface area (Å²) in [5, 5.41) is 0. The number of rotatable bonds is 0. The average Bonchev–Trinajstić information content (AvgIpc) is 1.50. The third-order valence-electron chi connectivity index (χ3n) is 0. The van der Waals surface area contributed by atoms with Crippen LogP contribution in [0, 0.1) is 0 Å². The maximum atomic E-state index is 4.78. The maximum absolute atomic E-state index is 4.78. The monoisotopic (exact) mass is 154 g/mol. The summed E-state index contributed by atoms with van der Waals surface area (Å²) in [7, 11) is 9.23. The Hall–Kier alpha value is 1.63. The molecule has 0 amide bonds. The molecule has 0 heterocycles. The van der Waals surface area contributed by atoms with Crippen LogP contribution in [0.1, 0.15) is 0 Å². The molecule has 0 aromatic carbocycles. The molecule has 0 rings (SSSR count). The fourth-order valence-corrected chi connectivity index (χ4v) is 0. The molecular formula is H2AlCl2Mn. The first-order valence-corrected chi connectivity index (χ1v) is 5.17. The first kappa shape index (κ1) is 9.16. The average molecular weight is 155 g/mol. The summed E-state index contributed by atoms with van der Waals surface area (Å²) in [6.07, 6.45) is 0. The van der Waals surface area contributed by atoms with Gasteiger partial charge >= 0.3 is 40.6 Å². The van der Waals surface area contributed by atoms with Gasteiger partial charge in [0, 0.05) is 0 Å². The minimum absolute atomic E-state index is 0.778. The van der Waals surface area contributed by atoms with Crippen LogP contribution in [0.4, 0.5) is 0 Å². The van der Waals surface area contributed by atoms with Crippen molar-refractivity contribution in [3.05, 3.63) is 0 Å². The number of halogens is 2. The van der Waals surface area contributed by atoms with Crippen molar-refractivity contribution in [3.63, 3.8) is 0 Å². The van der Waals surface area contributed by atoms with Gasteiger partial charge in [-0.2, -0.15) is 0 Å². The Morgan fingerprint density at radius 3 is 1.25 bits per heavy atom. The first-order valence-electron chi connectivity index (χ1n) is 0.521. The van der Waals surface area contributed by atoms with Crippen LogP contribution in [0.15, 0.2) is 0 Å². The van der Waals surface area contributed by atoms with Crippen molar-refractivity contribution in [3.8, 4) is 0 Å². The zero-order valence-corrected chi connectivity index (χ0v) is 6.83. The van der Waals surface area contributed by atoms with Crippen molar-refractivity contribution in [2.45, 2.75) is 0 Å². The first-order chi connectivity index (χ1) is 2.00. The van der Waals surface area contributed by atoms with Crippen LogP contribution in [0.3, 0.4) is 0 Å². The second kappa shape index (κ2) is 22.9. The second-order valence-electron chi connectivity index (χ2n) is 0. The predicted octanol–water partition coefficient (Wildman–Crippen LogP) is 0.460. The van der Waals surface area contributed by atoms with Gasteiger partial charge in [0.05, 0.1) is 0 Å². The van der Waals surface area contributed by atoms with Crippen LogP contribution in [0.25, 0.3) is 0 Å². The van der Waals surface area contributed by atoms with Gasteiger partial charge in [0.2, 0.25) is 0 Å². The Labute approximate surface area is 50.5 Å². The van der Waals surface area contributed by atoms with E-state index in [2.05, 4.69) is 25.2 Å². The Bertz CT molecular complexity index is 6.00. The molecule has 4 heavy (non-hydrogen) atoms. The van der Waals surface area contributed by atoms with E-state index in [-0.39, 0.29) is 0 Å². The Morgan fingerprint density at radius 2 is 1.25 bits per heavy atom. The van der Waals surface area contributed by atoms with Crippen molar-refractivity contribution < 1.29 is 15.1 Å². The predicted molar refractivity (Wildman–Crippen MR) is 20.2 cm³/mol. The molecule has 0 aliphatic rings. The molecule has 0 saturated heterocycles. The molecule has 0 fully saturated rings. The summed E-state index contributed by atoms with van der Waals surface area (Å²) in [6.45, 7) is 0. The topological polar surface area (TPSA) is 0 Å². The zero-order chi connectivity index (χ0) is 4.00. The normalized spacial score (nSPS) is 2.75. The van der Waals surface area contributed by atoms with E-state index < -0.39 is 0 Å². The van der Waals surface area contributed by atoms with Gasteiger partial charge in [0.25, 0.3) is 0 Å². The van der Waals surface area contributed by atoms with Crippen molar-refractivity contribution in [1.82, 2.24) is 0 Å². The van der Waals surface area contributed by atoms with Gasteiger partial charge in [-0.05, 0) is 0 Å². The SMILES string of the molecule is [AlH2][Cl].[Cl][Mn]. The number of hydrogen-bond acceptors (Lipinski definition) is 0. The molecule has 0 aliphatic heterocycles. The van der Waals surface area contributed by atoms with E-state index in [0.717, 1.165) is 15.4 Å². The van der Waals surface area contributed by atoms with Gasteiger partial charge in [0.15, 0.2) is 0 Å².